The summed E-state index contributed by atoms with van der Waals surface area (Å²) < 4.78 is 10.6. The molecule has 0 radical (unpaired) electrons. The lowest BCUT2D eigenvalue weighted by Gasteiger charge is -2.12. The lowest BCUT2D eigenvalue weighted by molar-refractivity contribution is 0.104. The molecule has 7 nitrogen and oxygen atoms in total. The van der Waals surface area contributed by atoms with Crippen LogP contribution in [-0.4, -0.2) is 34.1 Å². The van der Waals surface area contributed by atoms with Gasteiger partial charge in [0.2, 0.25) is 5.78 Å². The number of nitrogens with two attached hydrogens (primary N) is 1. The molecule has 0 fully saturated rings. The molecule has 0 saturated carbocycles. The van der Waals surface area contributed by atoms with E-state index in [-0.39, 0.29) is 17.0 Å². The van der Waals surface area contributed by atoms with Crippen molar-refractivity contribution < 1.29 is 14.3 Å². The first-order valence-electron chi connectivity index (χ1n) is 9.03. The largest absolute Gasteiger partial charge is 0.493 e. The average molecular weight is 423 g/mol. The molecule has 3 N–H and O–H groups in total. The second-order valence-electron chi connectivity index (χ2n) is 6.63. The van der Waals surface area contributed by atoms with Crippen LogP contribution in [0.2, 0.25) is 0 Å². The molecule has 0 amide bonds. The summed E-state index contributed by atoms with van der Waals surface area (Å²) in [7, 11) is 6.96. The quantitative estimate of drug-likeness (QED) is 0.549. The predicted molar refractivity (Wildman–Crippen MR) is 120 cm³/mol. The number of hydrogen-bond donors (Lipinski definition) is 2. The maximum atomic E-state index is 13.0. The van der Waals surface area contributed by atoms with E-state index in [4.69, 9.17) is 15.2 Å². The van der Waals surface area contributed by atoms with Crippen molar-refractivity contribution in [2.24, 2.45) is 0 Å². The second kappa shape index (κ2) is 8.76. The first-order chi connectivity index (χ1) is 14.4. The summed E-state index contributed by atoms with van der Waals surface area (Å²) in [4.78, 5) is 15.3. The van der Waals surface area contributed by atoms with E-state index in [1.54, 1.807) is 44.6 Å². The molecule has 0 spiro atoms. The first-order valence-corrected chi connectivity index (χ1v) is 9.84. The minimum Gasteiger partial charge on any atom is -0.493 e. The number of rotatable bonds is 7. The van der Waals surface area contributed by atoms with Crippen molar-refractivity contribution in [2.75, 3.05) is 44.3 Å². The van der Waals surface area contributed by atoms with Gasteiger partial charge in [0.15, 0.2) is 11.5 Å². The number of benzene rings is 2. The molecule has 2 aromatic carbocycles. The second-order valence-corrected chi connectivity index (χ2v) is 7.65. The van der Waals surface area contributed by atoms with E-state index in [0.717, 1.165) is 17.0 Å². The summed E-state index contributed by atoms with van der Waals surface area (Å²) in [5.74, 6) is 0.911. The van der Waals surface area contributed by atoms with E-state index in [0.29, 0.717) is 32.6 Å². The molecule has 1 aromatic heterocycles. The highest BCUT2D eigenvalue weighted by atomic mass is 32.1. The zero-order valence-electron chi connectivity index (χ0n) is 17.1. The number of carbonyl (C=O) groups excluding carboxylic acids is 1. The molecule has 0 aliphatic rings. The third-order valence-corrected chi connectivity index (χ3v) is 5.67. The van der Waals surface area contributed by atoms with Crippen LogP contribution in [0.3, 0.4) is 0 Å². The molecular formula is C22H22N4O3S. The Morgan fingerprint density at radius 3 is 2.33 bits per heavy atom. The van der Waals surface area contributed by atoms with Crippen molar-refractivity contribution in [1.29, 1.82) is 5.26 Å². The number of thiophene rings is 1. The predicted octanol–water partition coefficient (Wildman–Crippen LogP) is 4.26. The Morgan fingerprint density at radius 2 is 1.77 bits per heavy atom. The van der Waals surface area contributed by atoms with Crippen molar-refractivity contribution in [3.63, 3.8) is 0 Å². The molecule has 30 heavy (non-hydrogen) atoms. The van der Waals surface area contributed by atoms with Crippen molar-refractivity contribution in [3.8, 4) is 17.6 Å². The fourth-order valence-electron chi connectivity index (χ4n) is 2.90. The molecule has 154 valence electrons. The van der Waals surface area contributed by atoms with Gasteiger partial charge in [-0.1, -0.05) is 0 Å². The van der Waals surface area contributed by atoms with Crippen molar-refractivity contribution >= 4 is 39.2 Å². The van der Waals surface area contributed by atoms with Gasteiger partial charge in [0.05, 0.1) is 19.9 Å². The SMILES string of the molecule is COc1ccc(Nc2sc(C(=O)c3ccc(N(C)C)cc3)c(N)c2C#N)cc1OC. The summed E-state index contributed by atoms with van der Waals surface area (Å²) in [6.07, 6.45) is 0. The number of nitrogens with one attached hydrogen (secondary N) is 1. The van der Waals surface area contributed by atoms with E-state index in [1.807, 2.05) is 31.1 Å². The number of nitrogens with zero attached hydrogens (tertiary/aromatic N) is 2. The molecule has 0 aliphatic heterocycles. The molecular weight excluding hydrogens is 400 g/mol. The Morgan fingerprint density at radius 1 is 1.10 bits per heavy atom. The molecule has 0 bridgehead atoms. The Hall–Kier alpha value is -3.70. The van der Waals surface area contributed by atoms with E-state index in [9.17, 15) is 10.1 Å². The van der Waals surface area contributed by atoms with E-state index in [2.05, 4.69) is 11.4 Å². The van der Waals surface area contributed by atoms with Crippen LogP contribution in [0, 0.1) is 11.3 Å². The molecule has 3 rings (SSSR count). The third-order valence-electron chi connectivity index (χ3n) is 4.55. The van der Waals surface area contributed by atoms with Crippen molar-refractivity contribution in [2.45, 2.75) is 0 Å². The zero-order valence-corrected chi connectivity index (χ0v) is 18.0. The van der Waals surface area contributed by atoms with Crippen LogP contribution in [-0.2, 0) is 0 Å². The smallest absolute Gasteiger partial charge is 0.205 e. The van der Waals surface area contributed by atoms with Crippen LogP contribution in [0.25, 0.3) is 0 Å². The lowest BCUT2D eigenvalue weighted by Crippen LogP contribution is -2.09. The van der Waals surface area contributed by atoms with Gasteiger partial charge in [-0.15, -0.1) is 11.3 Å². The van der Waals surface area contributed by atoms with Crippen LogP contribution in [0.1, 0.15) is 20.8 Å². The highest BCUT2D eigenvalue weighted by Gasteiger charge is 2.22. The van der Waals surface area contributed by atoms with Crippen molar-refractivity contribution in [1.82, 2.24) is 0 Å². The topological polar surface area (TPSA) is 101 Å². The molecule has 0 aliphatic carbocycles. The lowest BCUT2D eigenvalue weighted by atomic mass is 10.1. The maximum absolute atomic E-state index is 13.0. The van der Waals surface area contributed by atoms with Crippen molar-refractivity contribution in [3.05, 3.63) is 58.5 Å². The third kappa shape index (κ3) is 4.02. The Kier molecular flexibility index (Phi) is 6.14. The van der Waals surface area contributed by atoms with Crippen LogP contribution in [0.5, 0.6) is 11.5 Å². The molecule has 1 heterocycles. The van der Waals surface area contributed by atoms with Gasteiger partial charge >= 0.3 is 0 Å². The normalized spacial score (nSPS) is 10.2. The fourth-order valence-corrected chi connectivity index (χ4v) is 3.95. The number of nitrogen functional groups attached to an aromatic ring is 1. The van der Waals surface area contributed by atoms with Gasteiger partial charge in [-0.05, 0) is 36.4 Å². The Labute approximate surface area is 179 Å². The van der Waals surface area contributed by atoms with Gasteiger partial charge in [-0.2, -0.15) is 5.26 Å². The highest BCUT2D eigenvalue weighted by molar-refractivity contribution is 7.19. The van der Waals surface area contributed by atoms with E-state index >= 15 is 0 Å². The minimum absolute atomic E-state index is 0.173. The molecule has 0 atom stereocenters. The van der Waals surface area contributed by atoms with Crippen LogP contribution >= 0.6 is 11.3 Å². The Balaban J connectivity index is 1.94. The number of carbonyl (C=O) groups is 1. The number of ketones is 1. The molecule has 8 heteroatoms. The van der Waals surface area contributed by atoms with E-state index < -0.39 is 0 Å². The summed E-state index contributed by atoms with van der Waals surface area (Å²) >= 11 is 1.15. The van der Waals surface area contributed by atoms with Gasteiger partial charge in [0, 0.05) is 37.1 Å². The van der Waals surface area contributed by atoms with Gasteiger partial charge < -0.3 is 25.4 Å². The number of nitriles is 1. The summed E-state index contributed by atoms with van der Waals surface area (Å²) in [5, 5.41) is 13.3. The van der Waals surface area contributed by atoms with E-state index in [1.165, 1.54) is 0 Å². The minimum atomic E-state index is -0.223. The van der Waals surface area contributed by atoms with Gasteiger partial charge in [0.1, 0.15) is 21.5 Å². The summed E-state index contributed by atoms with van der Waals surface area (Å²) in [6.45, 7) is 0. The van der Waals surface area contributed by atoms with Crippen LogP contribution < -0.4 is 25.4 Å². The number of anilines is 4. The van der Waals surface area contributed by atoms with Gasteiger partial charge in [-0.25, -0.2) is 0 Å². The first kappa shape index (κ1) is 21.0. The molecule has 0 saturated heterocycles. The summed E-state index contributed by atoms with van der Waals surface area (Å²) in [6, 6.07) is 14.6. The maximum Gasteiger partial charge on any atom is 0.205 e. The Bertz CT molecular complexity index is 1110. The monoisotopic (exact) mass is 422 g/mol. The van der Waals surface area contributed by atoms with Crippen LogP contribution in [0.4, 0.5) is 22.1 Å². The number of hydrogen-bond acceptors (Lipinski definition) is 8. The fraction of sp³-hybridized carbons (Fsp3) is 0.182. The molecule has 3 aromatic rings. The zero-order chi connectivity index (χ0) is 21.8. The van der Waals surface area contributed by atoms with Crippen LogP contribution in [0.15, 0.2) is 42.5 Å². The van der Waals surface area contributed by atoms with Gasteiger partial charge in [-0.3, -0.25) is 4.79 Å². The highest BCUT2D eigenvalue weighted by Crippen LogP contribution is 2.39. The average Bonchev–Trinajstić information content (AvgIpc) is 3.07. The van der Waals surface area contributed by atoms with Gasteiger partial charge in [0.25, 0.3) is 0 Å². The number of methoxy groups -OCH3 is 2. The molecule has 0 unspecified atom stereocenters. The standard InChI is InChI=1S/C22H22N4O3S/c1-26(2)15-8-5-13(6-9-15)20(27)21-19(24)16(12-23)22(30-21)25-14-7-10-17(28-3)18(11-14)29-4/h5-11,25H,24H2,1-4H3. The summed E-state index contributed by atoms with van der Waals surface area (Å²) in [5.41, 5.74) is 8.75. The number of ether oxygens (including phenoxy) is 2.